The van der Waals surface area contributed by atoms with Crippen LogP contribution in [0, 0.1) is 0 Å². The molecule has 2 rings (SSSR count). The van der Waals surface area contributed by atoms with E-state index in [9.17, 15) is 13.2 Å². The molecule has 26 heavy (non-hydrogen) atoms. The van der Waals surface area contributed by atoms with Crippen LogP contribution in [-0.4, -0.2) is 31.7 Å². The molecule has 0 saturated heterocycles. The normalized spacial score (nSPS) is 11.6. The van der Waals surface area contributed by atoms with Crippen molar-refractivity contribution < 1.29 is 13.2 Å². The number of likely N-dealkylation sites (N-methyl/N-ethyl adjacent to an activating group) is 1. The molecular weight excluding hydrogens is 419 g/mol. The Morgan fingerprint density at radius 1 is 1.08 bits per heavy atom. The van der Waals surface area contributed by atoms with Gasteiger partial charge in [0.1, 0.15) is 4.90 Å². The largest absolute Gasteiger partial charge is 0.351 e. The highest BCUT2D eigenvalue weighted by molar-refractivity contribution is 7.89. The summed E-state index contributed by atoms with van der Waals surface area (Å²) < 4.78 is 26.6. The second-order valence-corrected chi connectivity index (χ2v) is 8.51. The van der Waals surface area contributed by atoms with Gasteiger partial charge in [-0.3, -0.25) is 4.79 Å². The predicted molar refractivity (Wildman–Crippen MR) is 104 cm³/mol. The van der Waals surface area contributed by atoms with Crippen molar-refractivity contribution in [2.24, 2.45) is 0 Å². The van der Waals surface area contributed by atoms with Crippen molar-refractivity contribution in [1.29, 1.82) is 0 Å². The van der Waals surface area contributed by atoms with Crippen LogP contribution in [0.15, 0.2) is 47.4 Å². The van der Waals surface area contributed by atoms with Crippen molar-refractivity contribution in [3.05, 3.63) is 63.1 Å². The summed E-state index contributed by atoms with van der Waals surface area (Å²) >= 11 is 17.7. The maximum Gasteiger partial charge on any atom is 0.245 e. The Hall–Kier alpha value is -1.31. The molecule has 0 spiro atoms. The summed E-state index contributed by atoms with van der Waals surface area (Å²) in [5, 5.41) is 3.36. The first-order chi connectivity index (χ1) is 12.3. The number of rotatable bonds is 7. The van der Waals surface area contributed by atoms with Crippen molar-refractivity contribution in [2.45, 2.75) is 18.4 Å². The van der Waals surface area contributed by atoms with Crippen molar-refractivity contribution in [1.82, 2.24) is 9.62 Å². The number of amides is 1. The van der Waals surface area contributed by atoms with E-state index in [1.165, 1.54) is 18.2 Å². The molecule has 140 valence electrons. The van der Waals surface area contributed by atoms with Gasteiger partial charge >= 0.3 is 0 Å². The highest BCUT2D eigenvalue weighted by Gasteiger charge is 2.28. The van der Waals surface area contributed by atoms with Crippen LogP contribution in [0.4, 0.5) is 0 Å². The lowest BCUT2D eigenvalue weighted by atomic mass is 10.2. The first kappa shape index (κ1) is 21.0. The lowest BCUT2D eigenvalue weighted by Gasteiger charge is -2.21. The molecule has 2 aromatic carbocycles. The molecule has 0 bridgehead atoms. The average molecular weight is 436 g/mol. The van der Waals surface area contributed by atoms with E-state index in [1.807, 2.05) is 0 Å². The van der Waals surface area contributed by atoms with Gasteiger partial charge < -0.3 is 5.32 Å². The fraction of sp³-hybridized carbons (Fsp3) is 0.235. The van der Waals surface area contributed by atoms with Gasteiger partial charge in [0.2, 0.25) is 15.9 Å². The van der Waals surface area contributed by atoms with Gasteiger partial charge in [-0.15, -0.1) is 0 Å². The van der Waals surface area contributed by atoms with E-state index in [-0.39, 0.29) is 34.6 Å². The van der Waals surface area contributed by atoms with Crippen LogP contribution in [0.25, 0.3) is 0 Å². The van der Waals surface area contributed by atoms with Crippen molar-refractivity contribution >= 4 is 50.7 Å². The number of nitrogens with zero attached hydrogens (tertiary/aromatic N) is 1. The molecular formula is C17H17Cl3N2O3S. The first-order valence-electron chi connectivity index (χ1n) is 7.71. The molecule has 2 aromatic rings. The smallest absolute Gasteiger partial charge is 0.245 e. The Morgan fingerprint density at radius 2 is 1.73 bits per heavy atom. The van der Waals surface area contributed by atoms with Crippen LogP contribution in [0.5, 0.6) is 0 Å². The number of sulfonamides is 1. The number of hydrogen-bond acceptors (Lipinski definition) is 3. The van der Waals surface area contributed by atoms with Crippen LogP contribution in [0.2, 0.25) is 15.1 Å². The number of benzene rings is 2. The van der Waals surface area contributed by atoms with Crippen molar-refractivity contribution in [3.63, 3.8) is 0 Å². The van der Waals surface area contributed by atoms with Gasteiger partial charge in [0, 0.05) is 18.1 Å². The molecule has 0 aliphatic rings. The summed E-state index contributed by atoms with van der Waals surface area (Å²) in [5.74, 6) is -0.427. The number of carbonyl (C=O) groups is 1. The first-order valence-corrected chi connectivity index (χ1v) is 10.3. The quantitative estimate of drug-likeness (QED) is 0.715. The fourth-order valence-electron chi connectivity index (χ4n) is 2.21. The molecule has 0 aromatic heterocycles. The Kier molecular flexibility index (Phi) is 7.32. The van der Waals surface area contributed by atoms with Crippen LogP contribution in [0.3, 0.4) is 0 Å². The monoisotopic (exact) mass is 434 g/mol. The van der Waals surface area contributed by atoms with E-state index in [2.05, 4.69) is 5.32 Å². The predicted octanol–water partition coefficient (Wildman–Crippen LogP) is 3.97. The van der Waals surface area contributed by atoms with E-state index in [4.69, 9.17) is 34.8 Å². The lowest BCUT2D eigenvalue weighted by molar-refractivity contribution is -0.121. The Balaban J connectivity index is 2.08. The van der Waals surface area contributed by atoms with Gasteiger partial charge in [-0.05, 0) is 29.8 Å². The molecule has 9 heteroatoms. The van der Waals surface area contributed by atoms with Crippen LogP contribution < -0.4 is 5.32 Å². The number of nitrogens with one attached hydrogen (secondary N) is 1. The summed E-state index contributed by atoms with van der Waals surface area (Å²) in [6.07, 6.45) is 0. The molecule has 5 nitrogen and oxygen atoms in total. The third kappa shape index (κ3) is 5.11. The van der Waals surface area contributed by atoms with Gasteiger partial charge in [0.15, 0.2) is 0 Å². The summed E-state index contributed by atoms with van der Waals surface area (Å²) in [4.78, 5) is 12.1. The minimum Gasteiger partial charge on any atom is -0.351 e. The summed E-state index contributed by atoms with van der Waals surface area (Å²) in [6, 6.07) is 11.3. The summed E-state index contributed by atoms with van der Waals surface area (Å²) in [6.45, 7) is 1.70. The Morgan fingerprint density at radius 3 is 2.35 bits per heavy atom. The van der Waals surface area contributed by atoms with Gasteiger partial charge in [-0.2, -0.15) is 4.31 Å². The minimum absolute atomic E-state index is 0.0609. The second-order valence-electron chi connectivity index (χ2n) is 5.39. The topological polar surface area (TPSA) is 66.5 Å². The molecule has 0 aliphatic heterocycles. The Labute approximate surface area is 167 Å². The number of hydrogen-bond donors (Lipinski definition) is 1. The van der Waals surface area contributed by atoms with Gasteiger partial charge in [-0.1, -0.05) is 59.9 Å². The van der Waals surface area contributed by atoms with E-state index in [0.29, 0.717) is 5.02 Å². The number of carbonyl (C=O) groups excluding carboxylic acids is 1. The SMILES string of the molecule is CCN(CC(=O)NCc1ccc(Cl)cc1)S(=O)(=O)c1cccc(Cl)c1Cl. The fourth-order valence-corrected chi connectivity index (χ4v) is 4.48. The zero-order chi connectivity index (χ0) is 19.3. The minimum atomic E-state index is -3.95. The highest BCUT2D eigenvalue weighted by atomic mass is 35.5. The number of halogens is 3. The van der Waals surface area contributed by atoms with Crippen LogP contribution in [0.1, 0.15) is 12.5 Å². The molecule has 1 N–H and O–H groups in total. The zero-order valence-electron chi connectivity index (χ0n) is 13.9. The molecule has 1 amide bonds. The summed E-state index contributed by atoms with van der Waals surface area (Å²) in [7, 11) is -3.95. The van der Waals surface area contributed by atoms with Gasteiger partial charge in [0.25, 0.3) is 0 Å². The molecule has 0 heterocycles. The second kappa shape index (κ2) is 9.06. The molecule has 0 aliphatic carbocycles. The van der Waals surface area contributed by atoms with Crippen molar-refractivity contribution in [3.8, 4) is 0 Å². The highest BCUT2D eigenvalue weighted by Crippen LogP contribution is 2.30. The molecule has 0 unspecified atom stereocenters. The molecule has 0 fully saturated rings. The van der Waals surface area contributed by atoms with Crippen LogP contribution in [-0.2, 0) is 21.4 Å². The van der Waals surface area contributed by atoms with E-state index >= 15 is 0 Å². The van der Waals surface area contributed by atoms with Crippen LogP contribution >= 0.6 is 34.8 Å². The van der Waals surface area contributed by atoms with Gasteiger partial charge in [-0.25, -0.2) is 8.42 Å². The van der Waals surface area contributed by atoms with E-state index in [0.717, 1.165) is 9.87 Å². The molecule has 0 radical (unpaired) electrons. The molecule has 0 atom stereocenters. The Bertz CT molecular complexity index is 887. The van der Waals surface area contributed by atoms with E-state index < -0.39 is 15.9 Å². The lowest BCUT2D eigenvalue weighted by Crippen LogP contribution is -2.40. The third-order valence-electron chi connectivity index (χ3n) is 3.61. The maximum absolute atomic E-state index is 12.8. The average Bonchev–Trinajstić information content (AvgIpc) is 2.61. The standard InChI is InChI=1S/C17H17Cl3N2O3S/c1-2-22(26(24,25)15-5-3-4-14(19)17(15)20)11-16(23)21-10-12-6-8-13(18)9-7-12/h3-9H,2,10-11H2,1H3,(H,21,23). The molecule has 0 saturated carbocycles. The van der Waals surface area contributed by atoms with Crippen molar-refractivity contribution in [2.75, 3.05) is 13.1 Å². The third-order valence-corrected chi connectivity index (χ3v) is 6.76. The van der Waals surface area contributed by atoms with E-state index in [1.54, 1.807) is 31.2 Å². The zero-order valence-corrected chi connectivity index (χ0v) is 17.0. The maximum atomic E-state index is 12.8. The summed E-state index contributed by atoms with van der Waals surface area (Å²) in [5.41, 5.74) is 0.853. The van der Waals surface area contributed by atoms with Gasteiger partial charge in [0.05, 0.1) is 16.6 Å².